The largest absolute Gasteiger partial charge is 0.491 e. The number of ether oxygens (including phenoxy) is 2. The van der Waals surface area contributed by atoms with Crippen LogP contribution < -0.4 is 15.4 Å². The number of nitrogens with one attached hydrogen (secondary N) is 2. The number of benzene rings is 1. The van der Waals surface area contributed by atoms with E-state index >= 15 is 0 Å². The Kier molecular flexibility index (Phi) is 5.60. The maximum atomic E-state index is 12.4. The van der Waals surface area contributed by atoms with E-state index in [0.29, 0.717) is 23.0 Å². The number of thiocarbonyl (C=S) groups is 1. The Morgan fingerprint density at radius 3 is 2.70 bits per heavy atom. The molecule has 1 aromatic rings. The van der Waals surface area contributed by atoms with Crippen LogP contribution in [0, 0.1) is 0 Å². The van der Waals surface area contributed by atoms with Gasteiger partial charge >= 0.3 is 5.97 Å². The van der Waals surface area contributed by atoms with Crippen LogP contribution in [0.25, 0.3) is 0 Å². The quantitative estimate of drug-likeness (QED) is 0.638. The number of allylic oxidation sites excluding steroid dienone is 1. The Hall–Kier alpha value is -2.08. The molecule has 5 nitrogen and oxygen atoms in total. The molecule has 0 aliphatic carbocycles. The van der Waals surface area contributed by atoms with Gasteiger partial charge in [-0.3, -0.25) is 0 Å². The van der Waals surface area contributed by atoms with Crippen LogP contribution in [0.1, 0.15) is 39.3 Å². The molecule has 124 valence electrons. The fourth-order valence-corrected chi connectivity index (χ4v) is 2.76. The summed E-state index contributed by atoms with van der Waals surface area (Å²) in [5, 5.41) is 6.61. The van der Waals surface area contributed by atoms with E-state index in [0.717, 1.165) is 11.3 Å². The zero-order valence-corrected chi connectivity index (χ0v) is 14.6. The fraction of sp³-hybridized carbons (Fsp3) is 0.412. The second-order valence-corrected chi connectivity index (χ2v) is 5.90. The van der Waals surface area contributed by atoms with Crippen LogP contribution in [0.4, 0.5) is 0 Å². The third-order valence-corrected chi connectivity index (χ3v) is 3.58. The van der Waals surface area contributed by atoms with E-state index in [-0.39, 0.29) is 12.1 Å². The molecule has 1 aliphatic heterocycles. The summed E-state index contributed by atoms with van der Waals surface area (Å²) in [5.41, 5.74) is 2.06. The molecule has 1 heterocycles. The van der Waals surface area contributed by atoms with Crippen molar-refractivity contribution < 1.29 is 14.3 Å². The third-order valence-electron chi connectivity index (χ3n) is 3.36. The molecule has 2 rings (SSSR count). The van der Waals surface area contributed by atoms with Crippen molar-refractivity contribution in [3.05, 3.63) is 41.1 Å². The zero-order valence-electron chi connectivity index (χ0n) is 13.8. The molecule has 0 bridgehead atoms. The molecule has 0 spiro atoms. The van der Waals surface area contributed by atoms with Crippen LogP contribution in [0.3, 0.4) is 0 Å². The highest BCUT2D eigenvalue weighted by atomic mass is 32.1. The molecule has 23 heavy (non-hydrogen) atoms. The zero-order chi connectivity index (χ0) is 17.0. The summed E-state index contributed by atoms with van der Waals surface area (Å²) < 4.78 is 11.1. The van der Waals surface area contributed by atoms with Crippen molar-refractivity contribution in [3.8, 4) is 5.75 Å². The Morgan fingerprint density at radius 2 is 2.04 bits per heavy atom. The van der Waals surface area contributed by atoms with Gasteiger partial charge in [-0.1, -0.05) is 18.2 Å². The number of rotatable bonds is 5. The molecule has 2 N–H and O–H groups in total. The molecule has 1 aliphatic rings. The average Bonchev–Trinajstić information content (AvgIpc) is 2.46. The van der Waals surface area contributed by atoms with Crippen molar-refractivity contribution in [2.75, 3.05) is 6.61 Å². The summed E-state index contributed by atoms with van der Waals surface area (Å²) >= 11 is 5.25. The van der Waals surface area contributed by atoms with E-state index in [2.05, 4.69) is 10.6 Å². The molecule has 1 aromatic carbocycles. The Morgan fingerprint density at radius 1 is 1.35 bits per heavy atom. The van der Waals surface area contributed by atoms with E-state index in [1.165, 1.54) is 0 Å². The summed E-state index contributed by atoms with van der Waals surface area (Å²) in [6.07, 6.45) is 0.0286. The van der Waals surface area contributed by atoms with Crippen molar-refractivity contribution >= 4 is 23.3 Å². The summed E-state index contributed by atoms with van der Waals surface area (Å²) in [7, 11) is 0. The van der Waals surface area contributed by atoms with Crippen LogP contribution in [0.5, 0.6) is 5.75 Å². The molecule has 0 unspecified atom stereocenters. The van der Waals surface area contributed by atoms with Crippen LogP contribution in [0.2, 0.25) is 0 Å². The van der Waals surface area contributed by atoms with Crippen LogP contribution in [-0.4, -0.2) is 23.8 Å². The van der Waals surface area contributed by atoms with Crippen molar-refractivity contribution in [1.29, 1.82) is 0 Å². The average molecular weight is 334 g/mol. The first kappa shape index (κ1) is 17.3. The lowest BCUT2D eigenvalue weighted by Crippen LogP contribution is -2.45. The predicted octanol–water partition coefficient (Wildman–Crippen LogP) is 2.83. The highest BCUT2D eigenvalue weighted by Crippen LogP contribution is 2.33. The van der Waals surface area contributed by atoms with E-state index in [9.17, 15) is 4.79 Å². The van der Waals surface area contributed by atoms with E-state index < -0.39 is 6.04 Å². The molecule has 0 fully saturated rings. The first-order chi connectivity index (χ1) is 10.9. The van der Waals surface area contributed by atoms with Gasteiger partial charge in [0.05, 0.1) is 24.3 Å². The minimum Gasteiger partial charge on any atom is -0.491 e. The first-order valence-electron chi connectivity index (χ1n) is 7.65. The van der Waals surface area contributed by atoms with Gasteiger partial charge in [-0.15, -0.1) is 0 Å². The smallest absolute Gasteiger partial charge is 0.338 e. The molecule has 0 radical (unpaired) electrons. The summed E-state index contributed by atoms with van der Waals surface area (Å²) in [5.74, 6) is 0.358. The van der Waals surface area contributed by atoms with Gasteiger partial charge in [0.25, 0.3) is 0 Å². The number of carbonyl (C=O) groups is 1. The highest BCUT2D eigenvalue weighted by Gasteiger charge is 2.32. The van der Waals surface area contributed by atoms with Crippen molar-refractivity contribution in [2.45, 2.75) is 39.8 Å². The normalized spacial score (nSPS) is 17.6. The monoisotopic (exact) mass is 334 g/mol. The van der Waals surface area contributed by atoms with Gasteiger partial charge < -0.3 is 20.1 Å². The third kappa shape index (κ3) is 4.01. The molecular weight excluding hydrogens is 312 g/mol. The van der Waals surface area contributed by atoms with Gasteiger partial charge in [0.2, 0.25) is 0 Å². The predicted molar refractivity (Wildman–Crippen MR) is 93.1 cm³/mol. The Balaban J connectivity index is 2.48. The van der Waals surface area contributed by atoms with Gasteiger partial charge in [0.15, 0.2) is 5.11 Å². The topological polar surface area (TPSA) is 59.6 Å². The van der Waals surface area contributed by atoms with Crippen LogP contribution in [-0.2, 0) is 9.53 Å². The van der Waals surface area contributed by atoms with Gasteiger partial charge in [-0.2, -0.15) is 0 Å². The lowest BCUT2D eigenvalue weighted by atomic mass is 9.95. The maximum absolute atomic E-state index is 12.4. The minimum absolute atomic E-state index is 0.0286. The fourth-order valence-electron chi connectivity index (χ4n) is 2.49. The summed E-state index contributed by atoms with van der Waals surface area (Å²) in [6, 6.07) is 7.22. The SMILES string of the molecule is CCOC(=O)C1=C(C)NC(=S)N[C@@H]1c1ccccc1OC(C)C. The van der Waals surface area contributed by atoms with Crippen LogP contribution in [0.15, 0.2) is 35.5 Å². The van der Waals surface area contributed by atoms with Gasteiger partial charge in [0, 0.05) is 11.3 Å². The lowest BCUT2D eigenvalue weighted by molar-refractivity contribution is -0.139. The molecular formula is C17H22N2O3S. The van der Waals surface area contributed by atoms with Crippen molar-refractivity contribution in [2.24, 2.45) is 0 Å². The second-order valence-electron chi connectivity index (χ2n) is 5.50. The van der Waals surface area contributed by atoms with Crippen LogP contribution >= 0.6 is 12.2 Å². The number of carbonyl (C=O) groups excluding carboxylic acids is 1. The maximum Gasteiger partial charge on any atom is 0.338 e. The highest BCUT2D eigenvalue weighted by molar-refractivity contribution is 7.80. The number of esters is 1. The molecule has 1 atom stereocenters. The molecule has 6 heteroatoms. The molecule has 0 saturated carbocycles. The van der Waals surface area contributed by atoms with Crippen molar-refractivity contribution in [3.63, 3.8) is 0 Å². The summed E-state index contributed by atoms with van der Waals surface area (Å²) in [6.45, 7) is 7.84. The van der Waals surface area contributed by atoms with Gasteiger partial charge in [-0.05, 0) is 46.0 Å². The minimum atomic E-state index is -0.405. The van der Waals surface area contributed by atoms with E-state index in [1.54, 1.807) is 6.92 Å². The van der Waals surface area contributed by atoms with Gasteiger partial charge in [-0.25, -0.2) is 4.79 Å². The second kappa shape index (κ2) is 7.46. The van der Waals surface area contributed by atoms with E-state index in [4.69, 9.17) is 21.7 Å². The molecule has 0 aromatic heterocycles. The standard InChI is InChI=1S/C17H22N2O3S/c1-5-21-16(20)14-11(4)18-17(23)19-15(14)12-8-6-7-9-13(12)22-10(2)3/h6-10,15H,5H2,1-4H3,(H2,18,19,23)/t15-/m1/s1. The lowest BCUT2D eigenvalue weighted by Gasteiger charge is -2.31. The molecule has 0 amide bonds. The molecule has 0 saturated heterocycles. The number of hydrogen-bond donors (Lipinski definition) is 2. The summed E-state index contributed by atoms with van der Waals surface area (Å²) in [4.78, 5) is 12.4. The van der Waals surface area contributed by atoms with Crippen molar-refractivity contribution in [1.82, 2.24) is 10.6 Å². The Bertz CT molecular complexity index is 640. The van der Waals surface area contributed by atoms with E-state index in [1.807, 2.05) is 45.0 Å². The number of hydrogen-bond acceptors (Lipinski definition) is 4. The van der Waals surface area contributed by atoms with Gasteiger partial charge in [0.1, 0.15) is 5.75 Å². The Labute approximate surface area is 142 Å². The number of para-hydroxylation sites is 1. The first-order valence-corrected chi connectivity index (χ1v) is 8.05.